The first-order chi connectivity index (χ1) is 4.65. The van der Waals surface area contributed by atoms with E-state index in [2.05, 4.69) is 3.63 Å². The summed E-state index contributed by atoms with van der Waals surface area (Å²) in [6.07, 6.45) is 0. The molecule has 1 atom stereocenters. The second-order valence-electron chi connectivity index (χ2n) is 1.59. The highest BCUT2D eigenvalue weighted by atomic mass is 32.3. The fraction of sp³-hybridized carbons (Fsp3) is 1.00. The molecular formula is C2H6O7S2. The van der Waals surface area contributed by atoms with Gasteiger partial charge in [-0.25, -0.2) is 0 Å². The van der Waals surface area contributed by atoms with Crippen LogP contribution in [0.15, 0.2) is 0 Å². The first-order valence-corrected chi connectivity index (χ1v) is 5.09. The van der Waals surface area contributed by atoms with Gasteiger partial charge < -0.3 is 5.11 Å². The van der Waals surface area contributed by atoms with Crippen LogP contribution >= 0.6 is 0 Å². The van der Waals surface area contributed by atoms with Crippen molar-refractivity contribution in [1.82, 2.24) is 0 Å². The van der Waals surface area contributed by atoms with Crippen LogP contribution in [0.1, 0.15) is 6.92 Å². The highest BCUT2D eigenvalue weighted by molar-refractivity contribution is 7.97. The Kier molecular flexibility index (Phi) is 2.97. The molecule has 1 unspecified atom stereocenters. The number of hydrogen-bond acceptors (Lipinski definition) is 6. The van der Waals surface area contributed by atoms with Crippen molar-refractivity contribution < 1.29 is 30.1 Å². The van der Waals surface area contributed by atoms with Crippen LogP contribution < -0.4 is 0 Å². The molecule has 9 heteroatoms. The minimum Gasteiger partial charge on any atom is -0.375 e. The molecule has 2 N–H and O–H groups in total. The third-order valence-electron chi connectivity index (χ3n) is 0.599. The molecule has 7 nitrogen and oxygen atoms in total. The van der Waals surface area contributed by atoms with E-state index >= 15 is 0 Å². The molecule has 0 aliphatic carbocycles. The van der Waals surface area contributed by atoms with E-state index in [1.165, 1.54) is 0 Å². The lowest BCUT2D eigenvalue weighted by molar-refractivity contribution is 0.250. The maximum Gasteiger partial charge on any atom is 0.412 e. The Balaban J connectivity index is 4.68. The van der Waals surface area contributed by atoms with E-state index in [9.17, 15) is 16.8 Å². The fourth-order valence-electron chi connectivity index (χ4n) is 0.177. The minimum absolute atomic E-state index is 0.778. The van der Waals surface area contributed by atoms with Crippen LogP contribution in [0.4, 0.5) is 0 Å². The van der Waals surface area contributed by atoms with Crippen LogP contribution in [0.5, 0.6) is 0 Å². The molecule has 0 saturated carbocycles. The molecule has 0 aliphatic heterocycles. The molecule has 0 aliphatic rings. The smallest absolute Gasteiger partial charge is 0.375 e. The molecule has 0 aromatic heterocycles. The van der Waals surface area contributed by atoms with Crippen molar-refractivity contribution in [3.8, 4) is 0 Å². The lowest BCUT2D eigenvalue weighted by atomic mass is 10.9. The van der Waals surface area contributed by atoms with Gasteiger partial charge in [-0.3, -0.25) is 4.55 Å². The number of aliphatic hydroxyl groups excluding tert-OH is 1. The summed E-state index contributed by atoms with van der Waals surface area (Å²) >= 11 is 0. The van der Waals surface area contributed by atoms with Gasteiger partial charge in [0.2, 0.25) is 0 Å². The van der Waals surface area contributed by atoms with E-state index in [0.29, 0.717) is 0 Å². The van der Waals surface area contributed by atoms with Gasteiger partial charge in [-0.2, -0.15) is 16.8 Å². The van der Waals surface area contributed by atoms with Crippen molar-refractivity contribution in [2.45, 2.75) is 12.4 Å². The number of hydrogen-bond donors (Lipinski definition) is 2. The van der Waals surface area contributed by atoms with Crippen molar-refractivity contribution in [3.63, 3.8) is 0 Å². The van der Waals surface area contributed by atoms with Gasteiger partial charge in [0.1, 0.15) is 0 Å². The summed E-state index contributed by atoms with van der Waals surface area (Å²) in [5.41, 5.74) is -2.01. The number of aliphatic hydroxyl groups is 1. The van der Waals surface area contributed by atoms with E-state index in [1.54, 1.807) is 0 Å². The lowest BCUT2D eigenvalue weighted by Gasteiger charge is -2.02. The molecule has 0 bridgehead atoms. The summed E-state index contributed by atoms with van der Waals surface area (Å²) in [5.74, 6) is 0. The average molecular weight is 206 g/mol. The maximum absolute atomic E-state index is 10.3. The second kappa shape index (κ2) is 3.03. The quantitative estimate of drug-likeness (QED) is 0.538. The monoisotopic (exact) mass is 206 g/mol. The van der Waals surface area contributed by atoms with Gasteiger partial charge in [0.05, 0.1) is 0 Å². The van der Waals surface area contributed by atoms with Crippen molar-refractivity contribution in [2.75, 3.05) is 0 Å². The van der Waals surface area contributed by atoms with E-state index in [-0.39, 0.29) is 0 Å². The average Bonchev–Trinajstić information content (AvgIpc) is 1.56. The van der Waals surface area contributed by atoms with Crippen LogP contribution in [0.3, 0.4) is 0 Å². The molecule has 0 radical (unpaired) electrons. The molecule has 0 rings (SSSR count). The third kappa shape index (κ3) is 4.27. The maximum atomic E-state index is 10.3. The Morgan fingerprint density at radius 2 is 1.64 bits per heavy atom. The Hall–Kier alpha value is -0.220. The van der Waals surface area contributed by atoms with E-state index < -0.39 is 26.0 Å². The van der Waals surface area contributed by atoms with Gasteiger partial charge in [-0.05, 0) is 6.92 Å². The highest BCUT2D eigenvalue weighted by Gasteiger charge is 2.25. The lowest BCUT2D eigenvalue weighted by Crippen LogP contribution is -2.22. The molecule has 0 aromatic carbocycles. The second-order valence-corrected chi connectivity index (χ2v) is 4.66. The van der Waals surface area contributed by atoms with Crippen molar-refractivity contribution in [3.05, 3.63) is 0 Å². The largest absolute Gasteiger partial charge is 0.412 e. The third-order valence-corrected chi connectivity index (χ3v) is 2.88. The molecule has 0 saturated heterocycles. The summed E-state index contributed by atoms with van der Waals surface area (Å²) in [6, 6.07) is 0. The van der Waals surface area contributed by atoms with Crippen molar-refractivity contribution in [1.29, 1.82) is 0 Å². The van der Waals surface area contributed by atoms with Gasteiger partial charge in [0, 0.05) is 0 Å². The number of rotatable bonds is 3. The standard InChI is InChI=1S/C2H6O7S2/c1-2(3)10(4,5)9-11(6,7)8/h2-3H,1H3,(H,6,7,8). The van der Waals surface area contributed by atoms with Gasteiger partial charge in [-0.1, -0.05) is 0 Å². The summed E-state index contributed by atoms with van der Waals surface area (Å²) in [6.45, 7) is 0.778. The normalized spacial score (nSPS) is 16.3. The Labute approximate surface area is 63.7 Å². The predicted molar refractivity (Wildman–Crippen MR) is 33.2 cm³/mol. The Bertz CT molecular complexity index is 306. The van der Waals surface area contributed by atoms with Crippen LogP contribution in [0.25, 0.3) is 0 Å². The van der Waals surface area contributed by atoms with Crippen LogP contribution in [-0.4, -0.2) is 31.9 Å². The molecule has 0 fully saturated rings. The van der Waals surface area contributed by atoms with Crippen LogP contribution in [0, 0.1) is 0 Å². The fourth-order valence-corrected chi connectivity index (χ4v) is 1.59. The summed E-state index contributed by atoms with van der Waals surface area (Å²) in [7, 11) is -9.71. The van der Waals surface area contributed by atoms with Crippen LogP contribution in [0.2, 0.25) is 0 Å². The summed E-state index contributed by atoms with van der Waals surface area (Å²) in [5, 5.41) is 8.35. The van der Waals surface area contributed by atoms with E-state index in [1.807, 2.05) is 0 Å². The first-order valence-electron chi connectivity index (χ1n) is 2.25. The topological polar surface area (TPSA) is 118 Å². The Morgan fingerprint density at radius 3 is 1.73 bits per heavy atom. The molecule has 11 heavy (non-hydrogen) atoms. The van der Waals surface area contributed by atoms with Gasteiger partial charge >= 0.3 is 20.5 Å². The Morgan fingerprint density at radius 1 is 1.27 bits per heavy atom. The molecule has 0 aromatic rings. The van der Waals surface area contributed by atoms with Gasteiger partial charge in [-0.15, -0.1) is 3.63 Å². The SMILES string of the molecule is CC(O)S(=O)(=O)OS(=O)(=O)O. The predicted octanol–water partition coefficient (Wildman–Crippen LogP) is -1.53. The van der Waals surface area contributed by atoms with E-state index in [0.717, 1.165) is 6.92 Å². The van der Waals surface area contributed by atoms with Gasteiger partial charge in [0.25, 0.3) is 0 Å². The van der Waals surface area contributed by atoms with Crippen molar-refractivity contribution >= 4 is 20.5 Å². The van der Waals surface area contributed by atoms with Gasteiger partial charge in [0.15, 0.2) is 5.44 Å². The van der Waals surface area contributed by atoms with E-state index in [4.69, 9.17) is 9.66 Å². The molecule has 68 valence electrons. The highest BCUT2D eigenvalue weighted by Crippen LogP contribution is 2.03. The zero-order valence-corrected chi connectivity index (χ0v) is 6.96. The zero-order chi connectivity index (χ0) is 9.28. The molecule has 0 spiro atoms. The van der Waals surface area contributed by atoms with Crippen molar-refractivity contribution in [2.24, 2.45) is 0 Å². The zero-order valence-electron chi connectivity index (χ0n) is 5.33. The first kappa shape index (κ1) is 10.8. The minimum atomic E-state index is -5.07. The summed E-state index contributed by atoms with van der Waals surface area (Å²) in [4.78, 5) is 0. The molecule has 0 heterocycles. The summed E-state index contributed by atoms with van der Waals surface area (Å²) < 4.78 is 51.3. The molecular weight excluding hydrogens is 200 g/mol. The molecule has 0 amide bonds. The van der Waals surface area contributed by atoms with Crippen LogP contribution in [-0.2, 0) is 24.1 Å².